The lowest BCUT2D eigenvalue weighted by molar-refractivity contribution is 0.0287. The molecule has 0 fully saturated rings. The van der Waals surface area contributed by atoms with Gasteiger partial charge in [0.1, 0.15) is 11.4 Å². The van der Waals surface area contributed by atoms with Crippen molar-refractivity contribution in [2.75, 3.05) is 27.4 Å². The molecule has 0 radical (unpaired) electrons. The van der Waals surface area contributed by atoms with Gasteiger partial charge < -0.3 is 19.5 Å². The standard InChI is InChI=1S/C16H25NO3/c1-16(2)8-12-6-5-7-13(15(12)20-16)9-17-10-14(19-4)11-18-3/h5-7,14,17H,8-11H2,1-4H3. The molecule has 0 amide bonds. The molecule has 0 aliphatic carbocycles. The molecule has 4 heteroatoms. The van der Waals surface area contributed by atoms with Crippen LogP contribution >= 0.6 is 0 Å². The first kappa shape index (κ1) is 15.3. The smallest absolute Gasteiger partial charge is 0.127 e. The van der Waals surface area contributed by atoms with Crippen LogP contribution in [-0.2, 0) is 22.4 Å². The Morgan fingerprint density at radius 3 is 2.85 bits per heavy atom. The summed E-state index contributed by atoms with van der Waals surface area (Å²) in [7, 11) is 3.39. The molecule has 1 aliphatic heterocycles. The number of methoxy groups -OCH3 is 2. The lowest BCUT2D eigenvalue weighted by atomic mass is 10.0. The molecule has 1 aliphatic rings. The van der Waals surface area contributed by atoms with E-state index in [4.69, 9.17) is 14.2 Å². The van der Waals surface area contributed by atoms with E-state index in [2.05, 4.69) is 37.4 Å². The van der Waals surface area contributed by atoms with Crippen LogP contribution in [0.2, 0.25) is 0 Å². The second-order valence-electron chi connectivity index (χ2n) is 5.89. The number of hydrogen-bond donors (Lipinski definition) is 1. The molecule has 0 saturated carbocycles. The molecular formula is C16H25NO3. The van der Waals surface area contributed by atoms with E-state index in [1.54, 1.807) is 14.2 Å². The highest BCUT2D eigenvalue weighted by molar-refractivity contribution is 5.45. The molecule has 4 nitrogen and oxygen atoms in total. The Hall–Kier alpha value is -1.10. The van der Waals surface area contributed by atoms with E-state index in [9.17, 15) is 0 Å². The van der Waals surface area contributed by atoms with Gasteiger partial charge in [0.2, 0.25) is 0 Å². The Kier molecular flexibility index (Phi) is 5.02. The molecule has 1 unspecified atom stereocenters. The molecule has 1 aromatic rings. The fourth-order valence-corrected chi connectivity index (χ4v) is 2.58. The molecule has 2 rings (SSSR count). The molecule has 0 aromatic heterocycles. The predicted octanol–water partition coefficient (Wildman–Crippen LogP) is 2.15. The van der Waals surface area contributed by atoms with Gasteiger partial charge in [-0.15, -0.1) is 0 Å². The molecule has 0 bridgehead atoms. The first-order valence-corrected chi connectivity index (χ1v) is 7.08. The third-order valence-corrected chi connectivity index (χ3v) is 3.55. The van der Waals surface area contributed by atoms with Gasteiger partial charge in [-0.2, -0.15) is 0 Å². The maximum atomic E-state index is 6.06. The Balaban J connectivity index is 1.94. The molecular weight excluding hydrogens is 254 g/mol. The van der Waals surface area contributed by atoms with Crippen LogP contribution in [0.1, 0.15) is 25.0 Å². The number of hydrogen-bond acceptors (Lipinski definition) is 4. The van der Waals surface area contributed by atoms with Crippen molar-refractivity contribution in [1.29, 1.82) is 0 Å². The molecule has 1 heterocycles. The van der Waals surface area contributed by atoms with Gasteiger partial charge in [-0.1, -0.05) is 18.2 Å². The highest BCUT2D eigenvalue weighted by Crippen LogP contribution is 2.37. The summed E-state index contributed by atoms with van der Waals surface area (Å²) in [6.07, 6.45) is 1.05. The van der Waals surface area contributed by atoms with Gasteiger partial charge in [-0.05, 0) is 19.4 Å². The van der Waals surface area contributed by atoms with Gasteiger partial charge in [-0.25, -0.2) is 0 Å². The van der Waals surface area contributed by atoms with Crippen LogP contribution in [0.15, 0.2) is 18.2 Å². The highest BCUT2D eigenvalue weighted by atomic mass is 16.5. The van der Waals surface area contributed by atoms with E-state index < -0.39 is 0 Å². The number of rotatable bonds is 7. The SMILES string of the molecule is COCC(CNCc1cccc2c1OC(C)(C)C2)OC. The van der Waals surface area contributed by atoms with Gasteiger partial charge in [0.05, 0.1) is 12.7 Å². The van der Waals surface area contributed by atoms with Gasteiger partial charge >= 0.3 is 0 Å². The first-order chi connectivity index (χ1) is 9.55. The summed E-state index contributed by atoms with van der Waals surface area (Å²) in [6, 6.07) is 6.37. The van der Waals surface area contributed by atoms with E-state index in [1.807, 2.05) is 0 Å². The third kappa shape index (κ3) is 3.72. The summed E-state index contributed by atoms with van der Waals surface area (Å²) < 4.78 is 16.5. The second-order valence-corrected chi connectivity index (χ2v) is 5.89. The molecule has 112 valence electrons. The van der Waals surface area contributed by atoms with Gasteiger partial charge in [0, 0.05) is 39.3 Å². The maximum Gasteiger partial charge on any atom is 0.127 e. The van der Waals surface area contributed by atoms with Gasteiger partial charge in [-0.3, -0.25) is 0 Å². The monoisotopic (exact) mass is 279 g/mol. The summed E-state index contributed by atoms with van der Waals surface area (Å²) in [5, 5.41) is 3.41. The number of fused-ring (bicyclic) bond motifs is 1. The minimum absolute atomic E-state index is 0.0779. The second kappa shape index (κ2) is 6.57. The van der Waals surface area contributed by atoms with Crippen LogP contribution in [0.5, 0.6) is 5.75 Å². The van der Waals surface area contributed by atoms with E-state index in [1.165, 1.54) is 11.1 Å². The number of benzene rings is 1. The molecule has 1 atom stereocenters. The zero-order valence-electron chi connectivity index (χ0n) is 12.9. The van der Waals surface area contributed by atoms with Crippen molar-refractivity contribution in [3.05, 3.63) is 29.3 Å². The number of nitrogens with one attached hydrogen (secondary N) is 1. The van der Waals surface area contributed by atoms with Crippen molar-refractivity contribution in [3.63, 3.8) is 0 Å². The third-order valence-electron chi connectivity index (χ3n) is 3.55. The molecule has 20 heavy (non-hydrogen) atoms. The summed E-state index contributed by atoms with van der Waals surface area (Å²) in [5.41, 5.74) is 2.42. The largest absolute Gasteiger partial charge is 0.487 e. The summed E-state index contributed by atoms with van der Waals surface area (Å²) in [5.74, 6) is 1.05. The lowest BCUT2D eigenvalue weighted by Crippen LogP contribution is -2.31. The summed E-state index contributed by atoms with van der Waals surface area (Å²) in [6.45, 7) is 6.40. The van der Waals surface area contributed by atoms with Crippen LogP contribution in [0, 0.1) is 0 Å². The van der Waals surface area contributed by atoms with Crippen molar-refractivity contribution in [2.45, 2.75) is 38.5 Å². The zero-order valence-corrected chi connectivity index (χ0v) is 12.9. The topological polar surface area (TPSA) is 39.7 Å². The van der Waals surface area contributed by atoms with Crippen LogP contribution in [0.4, 0.5) is 0 Å². The predicted molar refractivity (Wildman–Crippen MR) is 79.2 cm³/mol. The Morgan fingerprint density at radius 2 is 2.15 bits per heavy atom. The molecule has 0 saturated heterocycles. The number of para-hydroxylation sites is 1. The number of ether oxygens (including phenoxy) is 3. The first-order valence-electron chi connectivity index (χ1n) is 7.08. The van der Waals surface area contributed by atoms with Crippen LogP contribution in [0.3, 0.4) is 0 Å². The zero-order chi connectivity index (χ0) is 14.6. The average Bonchev–Trinajstić information content (AvgIpc) is 2.72. The van der Waals surface area contributed by atoms with Crippen molar-refractivity contribution < 1.29 is 14.2 Å². The fraction of sp³-hybridized carbons (Fsp3) is 0.625. The Labute approximate surface area is 121 Å². The van der Waals surface area contributed by atoms with E-state index >= 15 is 0 Å². The van der Waals surface area contributed by atoms with Crippen molar-refractivity contribution >= 4 is 0 Å². The highest BCUT2D eigenvalue weighted by Gasteiger charge is 2.31. The minimum Gasteiger partial charge on any atom is -0.487 e. The van der Waals surface area contributed by atoms with Gasteiger partial charge in [0.15, 0.2) is 0 Å². The molecule has 1 aromatic carbocycles. The van der Waals surface area contributed by atoms with Crippen molar-refractivity contribution in [2.24, 2.45) is 0 Å². The van der Waals surface area contributed by atoms with E-state index in [-0.39, 0.29) is 11.7 Å². The quantitative estimate of drug-likeness (QED) is 0.830. The van der Waals surface area contributed by atoms with Crippen molar-refractivity contribution in [1.82, 2.24) is 5.32 Å². The van der Waals surface area contributed by atoms with Crippen LogP contribution in [0.25, 0.3) is 0 Å². The Bertz CT molecular complexity index is 445. The van der Waals surface area contributed by atoms with Crippen LogP contribution in [-0.4, -0.2) is 39.1 Å². The lowest BCUT2D eigenvalue weighted by Gasteiger charge is -2.19. The van der Waals surface area contributed by atoms with Gasteiger partial charge in [0.25, 0.3) is 0 Å². The summed E-state index contributed by atoms with van der Waals surface area (Å²) in [4.78, 5) is 0. The fourth-order valence-electron chi connectivity index (χ4n) is 2.58. The normalized spacial score (nSPS) is 17.6. The Morgan fingerprint density at radius 1 is 1.35 bits per heavy atom. The minimum atomic E-state index is -0.0937. The molecule has 1 N–H and O–H groups in total. The average molecular weight is 279 g/mol. The molecule has 0 spiro atoms. The van der Waals surface area contributed by atoms with E-state index in [0.717, 1.165) is 25.3 Å². The maximum absolute atomic E-state index is 6.06. The van der Waals surface area contributed by atoms with Crippen LogP contribution < -0.4 is 10.1 Å². The van der Waals surface area contributed by atoms with E-state index in [0.29, 0.717) is 6.61 Å². The summed E-state index contributed by atoms with van der Waals surface area (Å²) >= 11 is 0. The van der Waals surface area contributed by atoms with Crippen molar-refractivity contribution in [3.8, 4) is 5.75 Å².